The Bertz CT molecular complexity index is 709. The molecule has 1 aromatic carbocycles. The lowest BCUT2D eigenvalue weighted by Crippen LogP contribution is -2.39. The van der Waals surface area contributed by atoms with Crippen LogP contribution < -0.4 is 5.32 Å². The molecule has 0 spiro atoms. The van der Waals surface area contributed by atoms with E-state index >= 15 is 0 Å². The predicted octanol–water partition coefficient (Wildman–Crippen LogP) is 1.92. The highest BCUT2D eigenvalue weighted by Gasteiger charge is 2.18. The fourth-order valence-electron chi connectivity index (χ4n) is 2.27. The van der Waals surface area contributed by atoms with Gasteiger partial charge in [0.05, 0.1) is 10.6 Å². The van der Waals surface area contributed by atoms with E-state index in [4.69, 9.17) is 5.11 Å². The average Bonchev–Trinajstić information content (AvgIpc) is 3.04. The number of non-ortho nitro benzene ring substituents is 1. The summed E-state index contributed by atoms with van der Waals surface area (Å²) in [7, 11) is 0. The topological polar surface area (TPSA) is 110 Å². The van der Waals surface area contributed by atoms with E-state index in [1.54, 1.807) is 24.4 Å². The van der Waals surface area contributed by atoms with Crippen molar-refractivity contribution in [1.29, 1.82) is 0 Å². The number of hydrogen-bond acceptors (Lipinski definition) is 5. The summed E-state index contributed by atoms with van der Waals surface area (Å²) in [4.78, 5) is 22.5. The van der Waals surface area contributed by atoms with Crippen LogP contribution in [-0.4, -0.2) is 38.4 Å². The number of carbonyl (C=O) groups is 1. The van der Waals surface area contributed by atoms with Gasteiger partial charge in [0.1, 0.15) is 0 Å². The van der Waals surface area contributed by atoms with E-state index in [0.717, 1.165) is 0 Å². The summed E-state index contributed by atoms with van der Waals surface area (Å²) in [6.45, 7) is 3.94. The van der Waals surface area contributed by atoms with Gasteiger partial charge in [-0.15, -0.1) is 0 Å². The van der Waals surface area contributed by atoms with Gasteiger partial charge in [-0.1, -0.05) is 13.8 Å². The maximum Gasteiger partial charge on any atom is 0.272 e. The minimum atomic E-state index is -0.473. The van der Waals surface area contributed by atoms with Gasteiger partial charge in [0, 0.05) is 31.0 Å². The van der Waals surface area contributed by atoms with Gasteiger partial charge in [-0.05, 0) is 30.5 Å². The molecule has 1 aromatic heterocycles. The van der Waals surface area contributed by atoms with Crippen molar-refractivity contribution < 1.29 is 14.8 Å². The molecule has 0 radical (unpaired) electrons. The van der Waals surface area contributed by atoms with E-state index in [1.165, 1.54) is 16.8 Å². The number of nitrogens with one attached hydrogen (secondary N) is 1. The molecular weight excluding hydrogens is 312 g/mol. The van der Waals surface area contributed by atoms with Crippen molar-refractivity contribution in [2.24, 2.45) is 5.92 Å². The highest BCUT2D eigenvalue weighted by atomic mass is 16.6. The fraction of sp³-hybridized carbons (Fsp3) is 0.375. The summed E-state index contributed by atoms with van der Waals surface area (Å²) >= 11 is 0. The third kappa shape index (κ3) is 4.17. The van der Waals surface area contributed by atoms with E-state index in [2.05, 4.69) is 10.4 Å². The van der Waals surface area contributed by atoms with Crippen LogP contribution in [0.15, 0.2) is 36.5 Å². The van der Waals surface area contributed by atoms with Crippen LogP contribution in [0.4, 0.5) is 5.69 Å². The van der Waals surface area contributed by atoms with Crippen LogP contribution in [0.5, 0.6) is 0 Å². The maximum atomic E-state index is 12.3. The molecule has 24 heavy (non-hydrogen) atoms. The Balaban J connectivity index is 2.11. The molecule has 0 saturated carbocycles. The highest BCUT2D eigenvalue weighted by Crippen LogP contribution is 2.15. The molecule has 8 heteroatoms. The quantitative estimate of drug-likeness (QED) is 0.594. The Labute approximate surface area is 139 Å². The van der Waals surface area contributed by atoms with Crippen LogP contribution in [0.1, 0.15) is 30.8 Å². The van der Waals surface area contributed by atoms with Crippen molar-refractivity contribution in [3.05, 3.63) is 52.3 Å². The van der Waals surface area contributed by atoms with Crippen molar-refractivity contribution in [2.75, 3.05) is 6.61 Å². The highest BCUT2D eigenvalue weighted by molar-refractivity contribution is 5.92. The molecule has 2 aromatic rings. The van der Waals surface area contributed by atoms with Crippen LogP contribution >= 0.6 is 0 Å². The summed E-state index contributed by atoms with van der Waals surface area (Å²) in [5.41, 5.74) is 0.861. The molecule has 1 heterocycles. The van der Waals surface area contributed by atoms with Gasteiger partial charge < -0.3 is 10.4 Å². The van der Waals surface area contributed by atoms with Crippen molar-refractivity contribution in [3.8, 4) is 5.69 Å². The number of carbonyl (C=O) groups excluding carboxylic acids is 1. The molecule has 1 atom stereocenters. The normalized spacial score (nSPS) is 12.2. The number of nitro groups is 1. The summed E-state index contributed by atoms with van der Waals surface area (Å²) in [6.07, 6.45) is 2.10. The monoisotopic (exact) mass is 332 g/mol. The standard InChI is InChI=1S/C16H20N4O4/c1-11(2)14(8-10-21)17-16(22)15-7-9-19(18-15)12-3-5-13(6-4-12)20(23)24/h3-7,9,11,14,21H,8,10H2,1-2H3,(H,17,22). The zero-order valence-electron chi connectivity index (χ0n) is 13.5. The Kier molecular flexibility index (Phi) is 5.64. The lowest BCUT2D eigenvalue weighted by molar-refractivity contribution is -0.384. The largest absolute Gasteiger partial charge is 0.396 e. The van der Waals surface area contributed by atoms with E-state index in [-0.39, 0.29) is 35.9 Å². The molecule has 128 valence electrons. The number of aliphatic hydroxyl groups is 1. The maximum absolute atomic E-state index is 12.3. The van der Waals surface area contributed by atoms with Gasteiger partial charge in [0.25, 0.3) is 11.6 Å². The number of benzene rings is 1. The Morgan fingerprint density at radius 2 is 2.00 bits per heavy atom. The average molecular weight is 332 g/mol. The minimum Gasteiger partial charge on any atom is -0.396 e. The fourth-order valence-corrected chi connectivity index (χ4v) is 2.27. The molecule has 0 aliphatic carbocycles. The van der Waals surface area contributed by atoms with E-state index in [1.807, 2.05) is 13.8 Å². The van der Waals surface area contributed by atoms with Crippen molar-refractivity contribution >= 4 is 11.6 Å². The van der Waals surface area contributed by atoms with Crippen LogP contribution in [0.25, 0.3) is 5.69 Å². The zero-order valence-corrected chi connectivity index (χ0v) is 13.5. The first-order valence-electron chi connectivity index (χ1n) is 7.64. The summed E-state index contributed by atoms with van der Waals surface area (Å²) in [5, 5.41) is 26.8. The number of aromatic nitrogens is 2. The molecule has 0 saturated heterocycles. The number of nitrogens with zero attached hydrogens (tertiary/aromatic N) is 3. The summed E-state index contributed by atoms with van der Waals surface area (Å²) < 4.78 is 1.48. The van der Waals surface area contributed by atoms with Gasteiger partial charge in [0.2, 0.25) is 0 Å². The molecule has 1 unspecified atom stereocenters. The predicted molar refractivity (Wildman–Crippen MR) is 88.0 cm³/mol. The first-order valence-corrected chi connectivity index (χ1v) is 7.64. The van der Waals surface area contributed by atoms with Crippen LogP contribution in [0, 0.1) is 16.0 Å². The Hall–Kier alpha value is -2.74. The molecule has 0 fully saturated rings. The number of nitro benzene ring substituents is 1. The van der Waals surface area contributed by atoms with Crippen molar-refractivity contribution in [1.82, 2.24) is 15.1 Å². The Morgan fingerprint density at radius 3 is 2.54 bits per heavy atom. The third-order valence-corrected chi connectivity index (χ3v) is 3.71. The van der Waals surface area contributed by atoms with Crippen LogP contribution in [0.3, 0.4) is 0 Å². The third-order valence-electron chi connectivity index (χ3n) is 3.71. The van der Waals surface area contributed by atoms with Crippen molar-refractivity contribution in [2.45, 2.75) is 26.3 Å². The number of amides is 1. The van der Waals surface area contributed by atoms with Gasteiger partial charge in [-0.3, -0.25) is 14.9 Å². The first-order chi connectivity index (χ1) is 11.4. The Morgan fingerprint density at radius 1 is 1.33 bits per heavy atom. The second kappa shape index (κ2) is 7.69. The number of rotatable bonds is 7. The lowest BCUT2D eigenvalue weighted by atomic mass is 10.0. The molecule has 8 nitrogen and oxygen atoms in total. The van der Waals surface area contributed by atoms with Crippen LogP contribution in [0.2, 0.25) is 0 Å². The summed E-state index contributed by atoms with van der Waals surface area (Å²) in [6, 6.07) is 7.34. The van der Waals surface area contributed by atoms with Crippen LogP contribution in [-0.2, 0) is 0 Å². The van der Waals surface area contributed by atoms with Crippen molar-refractivity contribution in [3.63, 3.8) is 0 Å². The molecular formula is C16H20N4O4. The van der Waals surface area contributed by atoms with Gasteiger partial charge in [0.15, 0.2) is 5.69 Å². The smallest absolute Gasteiger partial charge is 0.272 e. The number of hydrogen-bond donors (Lipinski definition) is 2. The zero-order chi connectivity index (χ0) is 17.7. The van der Waals surface area contributed by atoms with E-state index in [0.29, 0.717) is 12.1 Å². The molecule has 0 bridgehead atoms. The summed E-state index contributed by atoms with van der Waals surface area (Å²) in [5.74, 6) is -0.124. The van der Waals surface area contributed by atoms with E-state index < -0.39 is 4.92 Å². The molecule has 1 amide bonds. The minimum absolute atomic E-state index is 0.000359. The first kappa shape index (κ1) is 17.6. The number of aliphatic hydroxyl groups excluding tert-OH is 1. The molecule has 2 N–H and O–H groups in total. The molecule has 2 rings (SSSR count). The SMILES string of the molecule is CC(C)C(CCO)NC(=O)c1ccn(-c2ccc([N+](=O)[O-])cc2)n1. The lowest BCUT2D eigenvalue weighted by Gasteiger charge is -2.20. The molecule has 0 aliphatic rings. The van der Waals surface area contributed by atoms with Gasteiger partial charge in [-0.2, -0.15) is 5.10 Å². The van der Waals surface area contributed by atoms with E-state index in [9.17, 15) is 14.9 Å². The second-order valence-corrected chi connectivity index (χ2v) is 5.76. The second-order valence-electron chi connectivity index (χ2n) is 5.76. The van der Waals surface area contributed by atoms with Gasteiger partial charge >= 0.3 is 0 Å². The van der Waals surface area contributed by atoms with Gasteiger partial charge in [-0.25, -0.2) is 4.68 Å². The molecule has 0 aliphatic heterocycles.